The lowest BCUT2D eigenvalue weighted by Gasteiger charge is -2.08. The Morgan fingerprint density at radius 3 is 2.64 bits per heavy atom. The molecule has 1 amide bonds. The third-order valence-electron chi connectivity index (χ3n) is 3.70. The van der Waals surface area contributed by atoms with Gasteiger partial charge in [0.15, 0.2) is 6.61 Å². The molecule has 7 heteroatoms. The first-order valence-electron chi connectivity index (χ1n) is 8.02. The van der Waals surface area contributed by atoms with E-state index in [1.165, 1.54) is 0 Å². The molecule has 1 aromatic carbocycles. The van der Waals surface area contributed by atoms with Gasteiger partial charge < -0.3 is 14.8 Å². The maximum atomic E-state index is 11.9. The highest BCUT2D eigenvalue weighted by Crippen LogP contribution is 2.18. The minimum Gasteiger partial charge on any atom is -0.493 e. The lowest BCUT2D eigenvalue weighted by atomic mass is 10.2. The van der Waals surface area contributed by atoms with Gasteiger partial charge in [0.25, 0.3) is 5.91 Å². The summed E-state index contributed by atoms with van der Waals surface area (Å²) in [5, 5.41) is 6.92. The number of nitrogens with zero attached hydrogens (tertiary/aromatic N) is 2. The fourth-order valence-electron chi connectivity index (χ4n) is 2.31. The molecule has 0 atom stereocenters. The summed E-state index contributed by atoms with van der Waals surface area (Å²) in [4.78, 5) is 23.6. The molecule has 0 fully saturated rings. The molecule has 0 aliphatic heterocycles. The highest BCUT2D eigenvalue weighted by atomic mass is 16.5. The molecule has 2 rings (SSSR count). The van der Waals surface area contributed by atoms with Gasteiger partial charge in [-0.25, -0.2) is 0 Å². The summed E-state index contributed by atoms with van der Waals surface area (Å²) in [6.45, 7) is 5.48. The molecule has 1 aromatic heterocycles. The van der Waals surface area contributed by atoms with Crippen molar-refractivity contribution in [3.63, 3.8) is 0 Å². The Morgan fingerprint density at radius 1 is 1.24 bits per heavy atom. The van der Waals surface area contributed by atoms with E-state index in [0.717, 1.165) is 11.3 Å². The van der Waals surface area contributed by atoms with Crippen molar-refractivity contribution >= 4 is 17.6 Å². The van der Waals surface area contributed by atoms with Gasteiger partial charge in [0.05, 0.1) is 30.1 Å². The molecule has 0 aliphatic carbocycles. The van der Waals surface area contributed by atoms with Crippen molar-refractivity contribution in [1.29, 1.82) is 0 Å². The summed E-state index contributed by atoms with van der Waals surface area (Å²) in [7, 11) is 1.80. The average Bonchev–Trinajstić information content (AvgIpc) is 2.79. The van der Waals surface area contributed by atoms with Crippen LogP contribution in [0.25, 0.3) is 0 Å². The van der Waals surface area contributed by atoms with Crippen LogP contribution < -0.4 is 10.1 Å². The lowest BCUT2D eigenvalue weighted by Crippen LogP contribution is -2.22. The number of nitrogens with one attached hydrogen (secondary N) is 1. The molecule has 1 heterocycles. The smallest absolute Gasteiger partial charge is 0.309 e. The summed E-state index contributed by atoms with van der Waals surface area (Å²) < 4.78 is 12.1. The summed E-state index contributed by atoms with van der Waals surface area (Å²) in [5.74, 6) is -0.178. The van der Waals surface area contributed by atoms with Gasteiger partial charge in [-0.3, -0.25) is 14.3 Å². The summed E-state index contributed by atoms with van der Waals surface area (Å²) in [5.41, 5.74) is 3.28. The minimum absolute atomic E-state index is 0.0756. The fourth-order valence-corrected chi connectivity index (χ4v) is 2.31. The summed E-state index contributed by atoms with van der Waals surface area (Å²) in [6, 6.07) is 7.56. The van der Waals surface area contributed by atoms with Crippen LogP contribution in [0.15, 0.2) is 24.3 Å². The molecule has 0 saturated carbocycles. The Labute approximate surface area is 146 Å². The zero-order valence-corrected chi connectivity index (χ0v) is 15.0. The molecule has 0 aliphatic rings. The average molecular weight is 345 g/mol. The molecule has 0 unspecified atom stereocenters. The van der Waals surface area contributed by atoms with E-state index in [9.17, 15) is 9.59 Å². The van der Waals surface area contributed by atoms with Crippen LogP contribution in [0.3, 0.4) is 0 Å². The number of carbonyl (C=O) groups excluding carboxylic acids is 2. The standard InChI is InChI=1S/C18H23N3O4/c1-12-6-5-7-15(10-12)24-9-8-17(23)25-11-16(22)19-18-13(2)20-21(4)14(18)3/h5-7,10H,8-9,11H2,1-4H3,(H,19,22). The second-order valence-electron chi connectivity index (χ2n) is 5.79. The van der Waals surface area contributed by atoms with Crippen LogP contribution in [-0.4, -0.2) is 34.9 Å². The molecule has 0 bridgehead atoms. The van der Waals surface area contributed by atoms with Crippen LogP contribution in [0.4, 0.5) is 5.69 Å². The molecule has 2 aromatic rings. The van der Waals surface area contributed by atoms with Crippen LogP contribution in [0.5, 0.6) is 5.75 Å². The number of benzene rings is 1. The van der Waals surface area contributed by atoms with E-state index in [4.69, 9.17) is 9.47 Å². The zero-order chi connectivity index (χ0) is 18.4. The van der Waals surface area contributed by atoms with E-state index >= 15 is 0 Å². The van der Waals surface area contributed by atoms with Crippen LogP contribution >= 0.6 is 0 Å². The van der Waals surface area contributed by atoms with Crippen LogP contribution in [-0.2, 0) is 21.4 Å². The minimum atomic E-state index is -0.484. The third-order valence-corrected chi connectivity index (χ3v) is 3.70. The second-order valence-corrected chi connectivity index (χ2v) is 5.79. The number of hydrogen-bond donors (Lipinski definition) is 1. The number of anilines is 1. The normalized spacial score (nSPS) is 10.4. The molecule has 0 radical (unpaired) electrons. The number of aryl methyl sites for hydroxylation is 3. The molecule has 1 N–H and O–H groups in total. The van der Waals surface area contributed by atoms with Crippen molar-refractivity contribution in [3.8, 4) is 5.75 Å². The van der Waals surface area contributed by atoms with Crippen molar-refractivity contribution in [2.75, 3.05) is 18.5 Å². The van der Waals surface area contributed by atoms with Gasteiger partial charge in [0, 0.05) is 7.05 Å². The zero-order valence-electron chi connectivity index (χ0n) is 15.0. The number of esters is 1. The van der Waals surface area contributed by atoms with Gasteiger partial charge in [0.1, 0.15) is 5.75 Å². The molecule has 0 saturated heterocycles. The number of ether oxygens (including phenoxy) is 2. The van der Waals surface area contributed by atoms with Crippen molar-refractivity contribution < 1.29 is 19.1 Å². The predicted octanol–water partition coefficient (Wildman–Crippen LogP) is 2.30. The van der Waals surface area contributed by atoms with Crippen molar-refractivity contribution in [2.24, 2.45) is 7.05 Å². The van der Waals surface area contributed by atoms with Gasteiger partial charge in [0.2, 0.25) is 0 Å². The van der Waals surface area contributed by atoms with Gasteiger partial charge in [-0.15, -0.1) is 0 Å². The Bertz CT molecular complexity index is 768. The number of rotatable bonds is 7. The predicted molar refractivity (Wildman–Crippen MR) is 93.6 cm³/mol. The molecular formula is C18H23N3O4. The van der Waals surface area contributed by atoms with E-state index < -0.39 is 11.9 Å². The monoisotopic (exact) mass is 345 g/mol. The number of aromatic nitrogens is 2. The quantitative estimate of drug-likeness (QED) is 0.779. The van der Waals surface area contributed by atoms with Crippen molar-refractivity contribution in [3.05, 3.63) is 41.2 Å². The Hall–Kier alpha value is -2.83. The van der Waals surface area contributed by atoms with Crippen LogP contribution in [0.1, 0.15) is 23.4 Å². The second kappa shape index (κ2) is 8.32. The van der Waals surface area contributed by atoms with Crippen molar-refractivity contribution in [1.82, 2.24) is 9.78 Å². The van der Waals surface area contributed by atoms with E-state index in [1.54, 1.807) is 18.7 Å². The molecule has 134 valence electrons. The largest absolute Gasteiger partial charge is 0.493 e. The lowest BCUT2D eigenvalue weighted by molar-refractivity contribution is -0.147. The first kappa shape index (κ1) is 18.5. The van der Waals surface area contributed by atoms with Crippen LogP contribution in [0, 0.1) is 20.8 Å². The van der Waals surface area contributed by atoms with Gasteiger partial charge in [-0.05, 0) is 38.5 Å². The molecule has 25 heavy (non-hydrogen) atoms. The van der Waals surface area contributed by atoms with E-state index in [2.05, 4.69) is 10.4 Å². The van der Waals surface area contributed by atoms with Gasteiger partial charge >= 0.3 is 5.97 Å². The fraction of sp³-hybridized carbons (Fsp3) is 0.389. The molecule has 7 nitrogen and oxygen atoms in total. The Morgan fingerprint density at radius 2 is 2.00 bits per heavy atom. The Kier molecular flexibility index (Phi) is 6.16. The topological polar surface area (TPSA) is 82.4 Å². The highest BCUT2D eigenvalue weighted by molar-refractivity contribution is 5.93. The SMILES string of the molecule is Cc1cccc(OCCC(=O)OCC(=O)Nc2c(C)nn(C)c2C)c1. The number of carbonyl (C=O) groups is 2. The maximum absolute atomic E-state index is 11.9. The third kappa shape index (κ3) is 5.34. The van der Waals surface area contributed by atoms with Gasteiger partial charge in [-0.1, -0.05) is 12.1 Å². The number of hydrogen-bond acceptors (Lipinski definition) is 5. The van der Waals surface area contributed by atoms with Crippen molar-refractivity contribution in [2.45, 2.75) is 27.2 Å². The van der Waals surface area contributed by atoms with Gasteiger partial charge in [-0.2, -0.15) is 5.10 Å². The maximum Gasteiger partial charge on any atom is 0.309 e. The van der Waals surface area contributed by atoms with E-state index in [0.29, 0.717) is 17.1 Å². The summed E-state index contributed by atoms with van der Waals surface area (Å²) >= 11 is 0. The van der Waals surface area contributed by atoms with Crippen LogP contribution in [0.2, 0.25) is 0 Å². The Balaban J connectivity index is 1.71. The van der Waals surface area contributed by atoms with E-state index in [1.807, 2.05) is 38.1 Å². The first-order valence-corrected chi connectivity index (χ1v) is 8.02. The molecule has 0 spiro atoms. The van der Waals surface area contributed by atoms with E-state index in [-0.39, 0.29) is 19.6 Å². The molecular weight excluding hydrogens is 322 g/mol. The highest BCUT2D eigenvalue weighted by Gasteiger charge is 2.14. The first-order chi connectivity index (χ1) is 11.9. The number of amides is 1. The summed E-state index contributed by atoms with van der Waals surface area (Å²) in [6.07, 6.45) is 0.0756.